The zero-order valence-electron chi connectivity index (χ0n) is 21.0. The molecular formula is C28H26N6O3S. The fourth-order valence-electron chi connectivity index (χ4n) is 4.91. The molecule has 9 nitrogen and oxygen atoms in total. The number of carbonyl (C=O) groups excluding carboxylic acids is 2. The Balaban J connectivity index is 1.11. The summed E-state index contributed by atoms with van der Waals surface area (Å²) in [5, 5.41) is 9.74. The molecule has 0 unspecified atom stereocenters. The van der Waals surface area contributed by atoms with E-state index >= 15 is 0 Å². The predicted molar refractivity (Wildman–Crippen MR) is 145 cm³/mol. The van der Waals surface area contributed by atoms with Crippen LogP contribution in [0.3, 0.4) is 0 Å². The van der Waals surface area contributed by atoms with Gasteiger partial charge in [0.1, 0.15) is 22.7 Å². The summed E-state index contributed by atoms with van der Waals surface area (Å²) in [6.45, 7) is 2.97. The number of carbonyl (C=O) groups is 2. The number of imidazole rings is 1. The maximum absolute atomic E-state index is 13.4. The quantitative estimate of drug-likeness (QED) is 0.335. The molecule has 2 aromatic carbocycles. The van der Waals surface area contributed by atoms with Crippen molar-refractivity contribution in [2.45, 2.75) is 25.7 Å². The molecule has 1 N–H and O–H groups in total. The van der Waals surface area contributed by atoms with E-state index in [4.69, 9.17) is 4.52 Å². The molecule has 38 heavy (non-hydrogen) atoms. The maximum Gasteiger partial charge on any atom is 0.277 e. The van der Waals surface area contributed by atoms with Crippen LogP contribution < -0.4 is 5.32 Å². The number of thiazole rings is 1. The van der Waals surface area contributed by atoms with E-state index in [0.717, 1.165) is 34.4 Å². The normalized spacial score (nSPS) is 14.2. The first kappa shape index (κ1) is 24.1. The van der Waals surface area contributed by atoms with Crippen molar-refractivity contribution < 1.29 is 14.1 Å². The van der Waals surface area contributed by atoms with Crippen LogP contribution in [0, 0.1) is 6.92 Å². The molecular weight excluding hydrogens is 500 g/mol. The molecule has 1 saturated heterocycles. The van der Waals surface area contributed by atoms with Gasteiger partial charge in [-0.1, -0.05) is 47.6 Å². The molecule has 1 aliphatic heterocycles. The molecule has 0 saturated carbocycles. The monoisotopic (exact) mass is 526 g/mol. The topological polar surface area (TPSA) is 106 Å². The third-order valence-corrected chi connectivity index (χ3v) is 8.03. The Bertz CT molecular complexity index is 1630. The lowest BCUT2D eigenvalue weighted by Crippen LogP contribution is -2.38. The van der Waals surface area contributed by atoms with Crippen molar-refractivity contribution in [2.24, 2.45) is 7.05 Å². The minimum Gasteiger partial charge on any atom is -0.360 e. The highest BCUT2D eigenvalue weighted by atomic mass is 32.1. The van der Waals surface area contributed by atoms with Crippen molar-refractivity contribution >= 4 is 40.1 Å². The number of nitrogens with zero attached hydrogens (tertiary/aromatic N) is 5. The maximum atomic E-state index is 13.4. The Morgan fingerprint density at radius 2 is 1.76 bits per heavy atom. The van der Waals surface area contributed by atoms with Crippen molar-refractivity contribution in [1.82, 2.24) is 24.6 Å². The van der Waals surface area contributed by atoms with Crippen LogP contribution in [0.15, 0.2) is 64.5 Å². The molecule has 5 aromatic rings. The Labute approximate surface area is 223 Å². The Kier molecular flexibility index (Phi) is 6.24. The van der Waals surface area contributed by atoms with Gasteiger partial charge in [0.25, 0.3) is 11.8 Å². The minimum atomic E-state index is -0.283. The van der Waals surface area contributed by atoms with Gasteiger partial charge in [0, 0.05) is 37.0 Å². The lowest BCUT2D eigenvalue weighted by atomic mass is 9.96. The Hall–Kier alpha value is -4.31. The Morgan fingerprint density at radius 3 is 2.53 bits per heavy atom. The van der Waals surface area contributed by atoms with Gasteiger partial charge in [-0.05, 0) is 31.9 Å². The average Bonchev–Trinajstić information content (AvgIpc) is 3.67. The summed E-state index contributed by atoms with van der Waals surface area (Å²) in [7, 11) is 1.87. The average molecular weight is 527 g/mol. The zero-order chi connectivity index (χ0) is 26.2. The van der Waals surface area contributed by atoms with Gasteiger partial charge in [-0.2, -0.15) is 0 Å². The molecule has 0 spiro atoms. The molecule has 3 aromatic heterocycles. The van der Waals surface area contributed by atoms with E-state index in [1.807, 2.05) is 71.1 Å². The van der Waals surface area contributed by atoms with Gasteiger partial charge in [-0.15, -0.1) is 11.3 Å². The van der Waals surface area contributed by atoms with E-state index in [0.29, 0.717) is 41.7 Å². The van der Waals surface area contributed by atoms with Gasteiger partial charge in [0.2, 0.25) is 5.95 Å². The molecule has 0 radical (unpaired) electrons. The van der Waals surface area contributed by atoms with Crippen molar-refractivity contribution in [3.8, 4) is 11.3 Å². The first-order chi connectivity index (χ1) is 18.5. The van der Waals surface area contributed by atoms with Gasteiger partial charge in [0.15, 0.2) is 0 Å². The molecule has 0 aliphatic carbocycles. The van der Waals surface area contributed by atoms with Crippen LogP contribution in [0.4, 0.5) is 5.95 Å². The third kappa shape index (κ3) is 4.37. The molecule has 1 fully saturated rings. The number of para-hydroxylation sites is 2. The standard InChI is InChI=1S/C28H26N6O3S/c1-17-23(24(32-37-17)18-8-4-3-5-9-18)27(36)34-14-12-19(13-15-34)26-29-21(16-38-26)25(35)31-28-30-20-10-6-7-11-22(20)33(28)2/h3-11,16,19H,12-15H2,1-2H3,(H,30,31,35). The summed E-state index contributed by atoms with van der Waals surface area (Å²) in [5.74, 6) is 0.847. The van der Waals surface area contributed by atoms with Crippen LogP contribution in [-0.4, -0.2) is 49.5 Å². The van der Waals surface area contributed by atoms with Crippen molar-refractivity contribution in [3.05, 3.63) is 82.0 Å². The fraction of sp³-hybridized carbons (Fsp3) is 0.250. The second kappa shape index (κ2) is 9.86. The smallest absolute Gasteiger partial charge is 0.277 e. The van der Waals surface area contributed by atoms with Crippen molar-refractivity contribution in [3.63, 3.8) is 0 Å². The second-order valence-corrected chi connectivity index (χ2v) is 10.3. The van der Waals surface area contributed by atoms with Crippen LogP contribution in [0.1, 0.15) is 50.4 Å². The van der Waals surface area contributed by atoms with Crippen LogP contribution in [0.2, 0.25) is 0 Å². The Morgan fingerprint density at radius 1 is 1.03 bits per heavy atom. The summed E-state index contributed by atoms with van der Waals surface area (Å²) in [5.41, 5.74) is 4.09. The van der Waals surface area contributed by atoms with Crippen LogP contribution in [0.5, 0.6) is 0 Å². The summed E-state index contributed by atoms with van der Waals surface area (Å²) in [6, 6.07) is 17.3. The number of nitrogens with one attached hydrogen (secondary N) is 1. The highest BCUT2D eigenvalue weighted by molar-refractivity contribution is 7.10. The van der Waals surface area contributed by atoms with E-state index in [1.54, 1.807) is 12.3 Å². The highest BCUT2D eigenvalue weighted by Crippen LogP contribution is 2.33. The number of amides is 2. The SMILES string of the molecule is Cc1onc(-c2ccccc2)c1C(=O)N1CCC(c2nc(C(=O)Nc3nc4ccccc4n3C)cs2)CC1. The molecule has 6 rings (SSSR count). The van der Waals surface area contributed by atoms with Gasteiger partial charge in [0.05, 0.1) is 16.0 Å². The largest absolute Gasteiger partial charge is 0.360 e. The number of hydrogen-bond donors (Lipinski definition) is 1. The van der Waals surface area contributed by atoms with E-state index in [2.05, 4.69) is 20.4 Å². The van der Waals surface area contributed by atoms with Crippen LogP contribution in [0.25, 0.3) is 22.3 Å². The molecule has 4 heterocycles. The van der Waals surface area contributed by atoms with Crippen molar-refractivity contribution in [1.29, 1.82) is 0 Å². The number of piperidine rings is 1. The molecule has 1 aliphatic rings. The minimum absolute atomic E-state index is 0.0669. The summed E-state index contributed by atoms with van der Waals surface area (Å²) in [6.07, 6.45) is 1.55. The number of aromatic nitrogens is 4. The van der Waals surface area contributed by atoms with E-state index in [9.17, 15) is 9.59 Å². The molecule has 0 atom stereocenters. The number of benzene rings is 2. The zero-order valence-corrected chi connectivity index (χ0v) is 21.9. The van der Waals surface area contributed by atoms with Gasteiger partial charge < -0.3 is 14.0 Å². The third-order valence-electron chi connectivity index (χ3n) is 7.02. The molecule has 2 amide bonds. The van der Waals surface area contributed by atoms with Gasteiger partial charge >= 0.3 is 0 Å². The van der Waals surface area contributed by atoms with Crippen molar-refractivity contribution in [2.75, 3.05) is 18.4 Å². The molecule has 0 bridgehead atoms. The highest BCUT2D eigenvalue weighted by Gasteiger charge is 2.31. The number of anilines is 1. The van der Waals surface area contributed by atoms with Gasteiger partial charge in [-0.3, -0.25) is 14.9 Å². The number of rotatable bonds is 5. The van der Waals surface area contributed by atoms with Crippen LogP contribution >= 0.6 is 11.3 Å². The lowest BCUT2D eigenvalue weighted by Gasteiger charge is -2.31. The number of aryl methyl sites for hydroxylation is 2. The lowest BCUT2D eigenvalue weighted by molar-refractivity contribution is 0.0711. The molecule has 10 heteroatoms. The second-order valence-electron chi connectivity index (χ2n) is 9.40. The number of hydrogen-bond acceptors (Lipinski definition) is 7. The van der Waals surface area contributed by atoms with Gasteiger partial charge in [-0.25, -0.2) is 9.97 Å². The molecule has 192 valence electrons. The predicted octanol–water partition coefficient (Wildman–Crippen LogP) is 5.27. The summed E-state index contributed by atoms with van der Waals surface area (Å²) < 4.78 is 7.25. The van der Waals surface area contributed by atoms with Crippen LogP contribution in [-0.2, 0) is 7.05 Å². The van der Waals surface area contributed by atoms with E-state index in [1.165, 1.54) is 11.3 Å². The first-order valence-electron chi connectivity index (χ1n) is 12.5. The van der Waals surface area contributed by atoms with E-state index in [-0.39, 0.29) is 17.7 Å². The van der Waals surface area contributed by atoms with E-state index < -0.39 is 0 Å². The number of fused-ring (bicyclic) bond motifs is 1. The summed E-state index contributed by atoms with van der Waals surface area (Å²) >= 11 is 1.49. The summed E-state index contributed by atoms with van der Waals surface area (Å²) in [4.78, 5) is 37.3. The first-order valence-corrected chi connectivity index (χ1v) is 13.4. The fourth-order valence-corrected chi connectivity index (χ4v) is 5.88. The number of likely N-dealkylation sites (tertiary alicyclic amines) is 1.